The van der Waals surface area contributed by atoms with E-state index in [1.807, 2.05) is 36.4 Å². The van der Waals surface area contributed by atoms with Crippen molar-refractivity contribution in [3.05, 3.63) is 71.2 Å². The van der Waals surface area contributed by atoms with Crippen LogP contribution in [-0.4, -0.2) is 35.2 Å². The summed E-state index contributed by atoms with van der Waals surface area (Å²) >= 11 is 6.13. The third-order valence-corrected chi connectivity index (χ3v) is 5.78. The average molecular weight is 465 g/mol. The fraction of sp³-hybridized carbons (Fsp3) is 0.167. The first-order valence-corrected chi connectivity index (χ1v) is 10.6. The lowest BCUT2D eigenvalue weighted by atomic mass is 9.90. The van der Waals surface area contributed by atoms with Crippen LogP contribution in [0.3, 0.4) is 0 Å². The van der Waals surface area contributed by atoms with E-state index in [4.69, 9.17) is 11.6 Å². The van der Waals surface area contributed by atoms with Gasteiger partial charge in [0.2, 0.25) is 11.8 Å². The summed E-state index contributed by atoms with van der Waals surface area (Å²) in [6, 6.07) is 17.2. The minimum absolute atomic E-state index is 0.238. The van der Waals surface area contributed by atoms with E-state index in [2.05, 4.69) is 16.0 Å². The lowest BCUT2D eigenvalue weighted by Crippen LogP contribution is -2.42. The molecule has 1 saturated heterocycles. The van der Waals surface area contributed by atoms with E-state index in [9.17, 15) is 19.2 Å². The number of carbonyl (C=O) groups is 4. The molecular formula is C24H21ClN4O4. The molecule has 9 heteroatoms. The van der Waals surface area contributed by atoms with Crippen LogP contribution in [0.25, 0.3) is 10.8 Å². The number of nitrogens with one attached hydrogen (secondary N) is 3. The Morgan fingerprint density at radius 3 is 2.42 bits per heavy atom. The molecule has 1 fully saturated rings. The average Bonchev–Trinajstić information content (AvgIpc) is 2.99. The van der Waals surface area contributed by atoms with Gasteiger partial charge < -0.3 is 16.0 Å². The maximum Gasteiger partial charge on any atom is 0.325 e. The predicted octanol–water partition coefficient (Wildman–Crippen LogP) is 3.86. The van der Waals surface area contributed by atoms with Crippen molar-refractivity contribution in [2.75, 3.05) is 17.2 Å². The minimum Gasteiger partial charge on any atom is -0.325 e. The van der Waals surface area contributed by atoms with Crippen LogP contribution in [0.2, 0.25) is 5.02 Å². The zero-order valence-corrected chi connectivity index (χ0v) is 18.7. The van der Waals surface area contributed by atoms with E-state index in [0.717, 1.165) is 15.7 Å². The van der Waals surface area contributed by atoms with Crippen LogP contribution in [0.15, 0.2) is 60.7 Å². The molecule has 1 atom stereocenters. The Kier molecular flexibility index (Phi) is 5.78. The lowest BCUT2D eigenvalue weighted by molar-refractivity contribution is -0.133. The van der Waals surface area contributed by atoms with Gasteiger partial charge in [-0.3, -0.25) is 19.3 Å². The fourth-order valence-corrected chi connectivity index (χ4v) is 3.99. The fourth-order valence-electron chi connectivity index (χ4n) is 3.76. The Labute approximate surface area is 194 Å². The van der Waals surface area contributed by atoms with Gasteiger partial charge in [0.1, 0.15) is 12.1 Å². The summed E-state index contributed by atoms with van der Waals surface area (Å²) in [5.74, 6) is -1.36. The molecule has 0 radical (unpaired) electrons. The standard InChI is InChI=1S/C24H21ClN4O4/c1-14(30)26-20-10-9-18(12-19(20)25)27-21(31)13-29-22(32)24(2,28-23(29)33)17-8-7-15-5-3-4-6-16(15)11-17/h3-12H,13H2,1-2H3,(H,26,30)(H,27,31)(H,28,33). The van der Waals surface area contributed by atoms with Gasteiger partial charge in [0, 0.05) is 12.6 Å². The number of benzene rings is 3. The van der Waals surface area contributed by atoms with Crippen molar-refractivity contribution < 1.29 is 19.2 Å². The summed E-state index contributed by atoms with van der Waals surface area (Å²) in [5.41, 5.74) is 0.110. The van der Waals surface area contributed by atoms with Crippen molar-refractivity contribution in [3.63, 3.8) is 0 Å². The topological polar surface area (TPSA) is 108 Å². The van der Waals surface area contributed by atoms with Crippen LogP contribution in [0.4, 0.5) is 16.2 Å². The van der Waals surface area contributed by atoms with E-state index >= 15 is 0 Å². The number of amides is 5. The van der Waals surface area contributed by atoms with Crippen molar-refractivity contribution in [2.24, 2.45) is 0 Å². The van der Waals surface area contributed by atoms with Crippen LogP contribution in [0.1, 0.15) is 19.4 Å². The highest BCUT2D eigenvalue weighted by atomic mass is 35.5. The molecular weight excluding hydrogens is 444 g/mol. The van der Waals surface area contributed by atoms with Gasteiger partial charge in [0.05, 0.1) is 10.7 Å². The Balaban J connectivity index is 1.49. The Morgan fingerprint density at radius 1 is 1.00 bits per heavy atom. The van der Waals surface area contributed by atoms with Crippen molar-refractivity contribution in [1.82, 2.24) is 10.2 Å². The first-order chi connectivity index (χ1) is 15.7. The van der Waals surface area contributed by atoms with Crippen molar-refractivity contribution in [3.8, 4) is 0 Å². The quantitative estimate of drug-likeness (QED) is 0.498. The van der Waals surface area contributed by atoms with E-state index in [1.54, 1.807) is 25.1 Å². The minimum atomic E-state index is -1.29. The molecule has 1 unspecified atom stereocenters. The normalized spacial score (nSPS) is 17.7. The number of hydrogen-bond acceptors (Lipinski definition) is 4. The second-order valence-corrected chi connectivity index (χ2v) is 8.34. The molecule has 1 aliphatic heterocycles. The number of hydrogen-bond donors (Lipinski definition) is 3. The molecule has 33 heavy (non-hydrogen) atoms. The first kappa shape index (κ1) is 22.3. The number of rotatable bonds is 5. The van der Waals surface area contributed by atoms with Gasteiger partial charge in [-0.1, -0.05) is 48.0 Å². The summed E-state index contributed by atoms with van der Waals surface area (Å²) < 4.78 is 0. The molecule has 168 valence electrons. The van der Waals surface area contributed by atoms with Crippen LogP contribution in [-0.2, 0) is 19.9 Å². The first-order valence-electron chi connectivity index (χ1n) is 10.2. The van der Waals surface area contributed by atoms with Gasteiger partial charge in [-0.05, 0) is 47.5 Å². The zero-order chi connectivity index (χ0) is 23.8. The monoisotopic (exact) mass is 464 g/mol. The van der Waals surface area contributed by atoms with Crippen molar-refractivity contribution >= 4 is 57.5 Å². The molecule has 0 aliphatic carbocycles. The van der Waals surface area contributed by atoms with Gasteiger partial charge in [-0.15, -0.1) is 0 Å². The van der Waals surface area contributed by atoms with E-state index in [-0.39, 0.29) is 10.9 Å². The number of urea groups is 1. The Morgan fingerprint density at radius 2 is 1.73 bits per heavy atom. The summed E-state index contributed by atoms with van der Waals surface area (Å²) in [4.78, 5) is 50.4. The van der Waals surface area contributed by atoms with Crippen LogP contribution >= 0.6 is 11.6 Å². The van der Waals surface area contributed by atoms with Crippen LogP contribution < -0.4 is 16.0 Å². The van der Waals surface area contributed by atoms with Gasteiger partial charge in [-0.25, -0.2) is 4.79 Å². The molecule has 0 spiro atoms. The van der Waals surface area contributed by atoms with Gasteiger partial charge in [0.15, 0.2) is 0 Å². The summed E-state index contributed by atoms with van der Waals surface area (Å²) in [7, 11) is 0. The zero-order valence-electron chi connectivity index (χ0n) is 17.9. The number of halogens is 1. The van der Waals surface area contributed by atoms with Crippen LogP contribution in [0, 0.1) is 0 Å². The second-order valence-electron chi connectivity index (χ2n) is 7.93. The molecule has 3 aromatic carbocycles. The summed E-state index contributed by atoms with van der Waals surface area (Å²) in [6.07, 6.45) is 0. The highest BCUT2D eigenvalue weighted by molar-refractivity contribution is 6.34. The molecule has 1 heterocycles. The van der Waals surface area contributed by atoms with Crippen LogP contribution in [0.5, 0.6) is 0 Å². The molecule has 0 aromatic heterocycles. The van der Waals surface area contributed by atoms with Gasteiger partial charge in [-0.2, -0.15) is 0 Å². The van der Waals surface area contributed by atoms with E-state index in [0.29, 0.717) is 16.9 Å². The van der Waals surface area contributed by atoms with E-state index < -0.39 is 29.9 Å². The van der Waals surface area contributed by atoms with Gasteiger partial charge >= 0.3 is 6.03 Å². The Hall–Kier alpha value is -3.91. The van der Waals surface area contributed by atoms with Gasteiger partial charge in [0.25, 0.3) is 5.91 Å². The molecule has 4 rings (SSSR count). The highest BCUT2D eigenvalue weighted by Gasteiger charge is 2.49. The largest absolute Gasteiger partial charge is 0.325 e. The number of fused-ring (bicyclic) bond motifs is 1. The van der Waals surface area contributed by atoms with Crippen molar-refractivity contribution in [2.45, 2.75) is 19.4 Å². The summed E-state index contributed by atoms with van der Waals surface area (Å²) in [5, 5.41) is 10.1. The van der Waals surface area contributed by atoms with E-state index in [1.165, 1.54) is 13.0 Å². The smallest absolute Gasteiger partial charge is 0.325 e. The third kappa shape index (κ3) is 4.38. The molecule has 0 bridgehead atoms. The molecule has 1 aliphatic rings. The SMILES string of the molecule is CC(=O)Nc1ccc(NC(=O)CN2C(=O)NC(C)(c3ccc4ccccc4c3)C2=O)cc1Cl. The van der Waals surface area contributed by atoms with Crippen molar-refractivity contribution in [1.29, 1.82) is 0 Å². The molecule has 3 N–H and O–H groups in total. The number of nitrogens with zero attached hydrogens (tertiary/aromatic N) is 1. The molecule has 3 aromatic rings. The summed E-state index contributed by atoms with van der Waals surface area (Å²) in [6.45, 7) is 2.52. The lowest BCUT2D eigenvalue weighted by Gasteiger charge is -2.22. The molecule has 0 saturated carbocycles. The molecule has 8 nitrogen and oxygen atoms in total. The number of carbonyl (C=O) groups excluding carboxylic acids is 4. The Bertz CT molecular complexity index is 1310. The number of imide groups is 1. The maximum absolute atomic E-state index is 13.2. The predicted molar refractivity (Wildman–Crippen MR) is 126 cm³/mol. The second kappa shape index (κ2) is 8.55. The maximum atomic E-state index is 13.2. The third-order valence-electron chi connectivity index (χ3n) is 5.47. The number of anilines is 2. The molecule has 5 amide bonds. The highest BCUT2D eigenvalue weighted by Crippen LogP contribution is 2.31.